The monoisotopic (exact) mass is 668 g/mol. The van der Waals surface area contributed by atoms with E-state index in [1.54, 1.807) is 0 Å². The van der Waals surface area contributed by atoms with Gasteiger partial charge >= 0.3 is 0 Å². The first-order valence-corrected chi connectivity index (χ1v) is 18.4. The van der Waals surface area contributed by atoms with Gasteiger partial charge < -0.3 is 4.42 Å². The second-order valence-corrected chi connectivity index (χ2v) is 14.7. The number of hydrogen-bond donors (Lipinski definition) is 0. The lowest BCUT2D eigenvalue weighted by molar-refractivity contribution is 0.676. The average Bonchev–Trinajstić information content (AvgIpc) is 3.60. The van der Waals surface area contributed by atoms with Crippen molar-refractivity contribution in [2.45, 2.75) is 0 Å². The molecule has 0 atom stereocenters. The van der Waals surface area contributed by atoms with E-state index < -0.39 is 0 Å². The molecule has 0 aliphatic heterocycles. The lowest BCUT2D eigenvalue weighted by Crippen LogP contribution is -1.91. The fourth-order valence-electron chi connectivity index (χ4n) is 9.80. The van der Waals surface area contributed by atoms with Gasteiger partial charge in [0.05, 0.1) is 0 Å². The first-order valence-electron chi connectivity index (χ1n) is 18.4. The summed E-state index contributed by atoms with van der Waals surface area (Å²) in [6, 6.07) is 63.1. The van der Waals surface area contributed by atoms with Crippen LogP contribution in [0.3, 0.4) is 0 Å². The normalized spacial score (nSPS) is 12.5. The predicted molar refractivity (Wildman–Crippen MR) is 227 cm³/mol. The number of rotatable bonds is 2. The Kier molecular flexibility index (Phi) is 5.17. The lowest BCUT2D eigenvalue weighted by Gasteiger charge is -2.18. The molecule has 0 spiro atoms. The van der Waals surface area contributed by atoms with Crippen LogP contribution < -0.4 is 0 Å². The maximum Gasteiger partial charge on any atom is 0.143 e. The molecule has 0 saturated heterocycles. The van der Waals surface area contributed by atoms with Crippen molar-refractivity contribution in [1.82, 2.24) is 0 Å². The van der Waals surface area contributed by atoms with Gasteiger partial charge in [-0.1, -0.05) is 158 Å². The second-order valence-electron chi connectivity index (χ2n) is 14.7. The quantitative estimate of drug-likeness (QED) is 0.167. The van der Waals surface area contributed by atoms with Crippen LogP contribution in [0.15, 0.2) is 174 Å². The third-order valence-electron chi connectivity index (χ3n) is 12.1. The fraction of sp³-hybridized carbons (Fsp3) is 0. The Balaban J connectivity index is 1.22. The highest BCUT2D eigenvalue weighted by Gasteiger charge is 2.22. The summed E-state index contributed by atoms with van der Waals surface area (Å²) in [5.41, 5.74) is 6.76. The van der Waals surface area contributed by atoms with Gasteiger partial charge in [-0.3, -0.25) is 0 Å². The molecular formula is C52H28O. The highest BCUT2D eigenvalue weighted by Crippen LogP contribution is 2.49. The van der Waals surface area contributed by atoms with E-state index >= 15 is 0 Å². The van der Waals surface area contributed by atoms with E-state index in [-0.39, 0.29) is 0 Å². The number of hydrogen-bond acceptors (Lipinski definition) is 1. The molecule has 1 heterocycles. The third-order valence-corrected chi connectivity index (χ3v) is 12.1. The summed E-state index contributed by atoms with van der Waals surface area (Å²) in [7, 11) is 0. The van der Waals surface area contributed by atoms with Crippen LogP contribution >= 0.6 is 0 Å². The molecule has 0 unspecified atom stereocenters. The molecule has 0 amide bonds. The minimum Gasteiger partial charge on any atom is -0.455 e. The van der Waals surface area contributed by atoms with Gasteiger partial charge in [-0.25, -0.2) is 0 Å². The lowest BCUT2D eigenvalue weighted by atomic mass is 9.85. The van der Waals surface area contributed by atoms with Crippen molar-refractivity contribution >= 4 is 108 Å². The van der Waals surface area contributed by atoms with Crippen molar-refractivity contribution in [1.29, 1.82) is 0 Å². The van der Waals surface area contributed by atoms with Crippen molar-refractivity contribution in [2.75, 3.05) is 0 Å². The van der Waals surface area contributed by atoms with Gasteiger partial charge in [0.1, 0.15) is 11.2 Å². The number of benzene rings is 12. The van der Waals surface area contributed by atoms with Gasteiger partial charge in [0.25, 0.3) is 0 Å². The smallest absolute Gasteiger partial charge is 0.143 e. The van der Waals surface area contributed by atoms with Crippen molar-refractivity contribution in [2.24, 2.45) is 0 Å². The molecule has 13 aromatic rings. The summed E-state index contributed by atoms with van der Waals surface area (Å²) in [5, 5.41) is 22.5. The molecule has 53 heavy (non-hydrogen) atoms. The molecule has 1 nitrogen and oxygen atoms in total. The Morgan fingerprint density at radius 1 is 0.226 bits per heavy atom. The molecule has 0 aliphatic rings. The van der Waals surface area contributed by atoms with Gasteiger partial charge in [0.2, 0.25) is 0 Å². The summed E-state index contributed by atoms with van der Waals surface area (Å²) in [6.07, 6.45) is 0. The molecular weight excluding hydrogens is 641 g/mol. The maximum atomic E-state index is 7.14. The standard InChI is InChI=1S/C52H28O/c1-2-11-36-29(6-1)18-27-43-45-28-44(38-24-20-35-17-15-31-8-4-10-33-22-26-42(38)49(35)47(31)33)40-13-5-12-39(50(40)52(45)53-51(36)43)37-23-19-34-16-14-30-7-3-9-32-21-25-41(37)48(34)46(30)32/h1-28H. The predicted octanol–water partition coefficient (Wildman–Crippen LogP) is 15.0. The summed E-state index contributed by atoms with van der Waals surface area (Å²) in [4.78, 5) is 0. The van der Waals surface area contributed by atoms with Crippen molar-refractivity contribution in [3.05, 3.63) is 170 Å². The minimum atomic E-state index is 0.939. The van der Waals surface area contributed by atoms with E-state index in [4.69, 9.17) is 4.42 Å². The Hall–Kier alpha value is -6.96. The zero-order valence-corrected chi connectivity index (χ0v) is 28.6. The molecule has 1 aromatic heterocycles. The Labute approximate surface area is 303 Å². The molecule has 0 radical (unpaired) electrons. The van der Waals surface area contributed by atoms with Crippen LogP contribution in [0.5, 0.6) is 0 Å². The molecule has 0 aliphatic carbocycles. The van der Waals surface area contributed by atoms with E-state index in [0.29, 0.717) is 0 Å². The minimum absolute atomic E-state index is 0.939. The zero-order valence-electron chi connectivity index (χ0n) is 28.6. The SMILES string of the molecule is c1ccc2c(c1)ccc1c3cc(-c4ccc5ccc6cccc7ccc4c5c67)c4cccc(-c5ccc6ccc7cccc8ccc5c6c78)c4c3oc21. The molecule has 0 fully saturated rings. The first-order chi connectivity index (χ1) is 26.3. The highest BCUT2D eigenvalue weighted by atomic mass is 16.3. The first kappa shape index (κ1) is 27.7. The van der Waals surface area contributed by atoms with Crippen LogP contribution in [-0.2, 0) is 0 Å². The van der Waals surface area contributed by atoms with E-state index in [1.807, 2.05) is 0 Å². The van der Waals surface area contributed by atoms with Gasteiger partial charge in [-0.2, -0.15) is 0 Å². The molecule has 242 valence electrons. The van der Waals surface area contributed by atoms with Crippen LogP contribution in [0, 0.1) is 0 Å². The van der Waals surface area contributed by atoms with E-state index in [1.165, 1.54) is 97.7 Å². The van der Waals surface area contributed by atoms with Crippen molar-refractivity contribution in [3.8, 4) is 22.3 Å². The summed E-state index contributed by atoms with van der Waals surface area (Å²) < 4.78 is 7.14. The Morgan fingerprint density at radius 3 is 1.34 bits per heavy atom. The third kappa shape index (κ3) is 3.56. The topological polar surface area (TPSA) is 13.1 Å². The van der Waals surface area contributed by atoms with Gasteiger partial charge in [0.15, 0.2) is 0 Å². The highest BCUT2D eigenvalue weighted by molar-refractivity contribution is 6.31. The van der Waals surface area contributed by atoms with E-state index in [2.05, 4.69) is 170 Å². The van der Waals surface area contributed by atoms with Crippen LogP contribution in [0.25, 0.3) is 130 Å². The van der Waals surface area contributed by atoms with Crippen LogP contribution in [-0.4, -0.2) is 0 Å². The summed E-state index contributed by atoms with van der Waals surface area (Å²) >= 11 is 0. The Bertz CT molecular complexity index is 3640. The second kappa shape index (κ2) is 9.88. The Morgan fingerprint density at radius 2 is 0.679 bits per heavy atom. The molecule has 0 N–H and O–H groups in total. The van der Waals surface area contributed by atoms with Gasteiger partial charge in [0, 0.05) is 21.5 Å². The van der Waals surface area contributed by atoms with E-state index in [9.17, 15) is 0 Å². The molecule has 12 aromatic carbocycles. The van der Waals surface area contributed by atoms with Crippen molar-refractivity contribution in [3.63, 3.8) is 0 Å². The van der Waals surface area contributed by atoms with Gasteiger partial charge in [-0.15, -0.1) is 0 Å². The maximum absolute atomic E-state index is 7.14. The molecule has 1 heteroatoms. The largest absolute Gasteiger partial charge is 0.455 e. The number of fused-ring (bicyclic) bond motifs is 7. The molecule has 13 rings (SSSR count). The number of furan rings is 1. The molecule has 0 saturated carbocycles. The molecule has 0 bridgehead atoms. The van der Waals surface area contributed by atoms with Crippen LogP contribution in [0.2, 0.25) is 0 Å². The van der Waals surface area contributed by atoms with Crippen LogP contribution in [0.1, 0.15) is 0 Å². The summed E-state index contributed by atoms with van der Waals surface area (Å²) in [6.45, 7) is 0. The summed E-state index contributed by atoms with van der Waals surface area (Å²) in [5.74, 6) is 0. The van der Waals surface area contributed by atoms with Gasteiger partial charge in [-0.05, 0) is 110 Å². The van der Waals surface area contributed by atoms with E-state index in [0.717, 1.165) is 32.7 Å². The average molecular weight is 669 g/mol. The van der Waals surface area contributed by atoms with Crippen LogP contribution in [0.4, 0.5) is 0 Å². The fourth-order valence-corrected chi connectivity index (χ4v) is 9.80. The zero-order chi connectivity index (χ0) is 34.4. The van der Waals surface area contributed by atoms with Crippen molar-refractivity contribution < 1.29 is 4.42 Å².